The van der Waals surface area contributed by atoms with Gasteiger partial charge in [-0.1, -0.05) is 41.6 Å². The Labute approximate surface area is 196 Å². The molecule has 0 radical (unpaired) electrons. The Morgan fingerprint density at radius 1 is 1.41 bits per heavy atom. The molecule has 13 heteroatoms. The van der Waals surface area contributed by atoms with Crippen LogP contribution in [-0.4, -0.2) is 67.6 Å². The number of β-lactam (4-membered cyclic amide) rings is 1. The van der Waals surface area contributed by atoms with E-state index in [0.717, 1.165) is 17.3 Å². The van der Waals surface area contributed by atoms with Gasteiger partial charge in [0.05, 0.1) is 0 Å². The van der Waals surface area contributed by atoms with Gasteiger partial charge in [-0.05, 0) is 11.6 Å². The number of thioether (sulfide) groups is 2. The molecule has 170 valence electrons. The van der Waals surface area contributed by atoms with Gasteiger partial charge in [0.25, 0.3) is 5.22 Å². The Bertz CT molecular complexity index is 1050. The van der Waals surface area contributed by atoms with Crippen LogP contribution in [-0.2, 0) is 16.1 Å². The maximum atomic E-state index is 12.7. The normalized spacial score (nSPS) is 24.4. The van der Waals surface area contributed by atoms with E-state index in [2.05, 4.69) is 20.8 Å². The van der Waals surface area contributed by atoms with Crippen LogP contribution in [0, 0.1) is 12.3 Å². The van der Waals surface area contributed by atoms with Gasteiger partial charge in [0, 0.05) is 36.5 Å². The highest BCUT2D eigenvalue weighted by Gasteiger charge is 2.57. The van der Waals surface area contributed by atoms with E-state index in [4.69, 9.17) is 16.0 Å². The Kier molecular flexibility index (Phi) is 6.54. The minimum atomic E-state index is -1.15. The van der Waals surface area contributed by atoms with Crippen molar-refractivity contribution < 1.29 is 23.9 Å². The van der Waals surface area contributed by atoms with Gasteiger partial charge in [0.2, 0.25) is 11.8 Å². The zero-order valence-corrected chi connectivity index (χ0v) is 19.3. The monoisotopic (exact) mass is 497 g/mol. The summed E-state index contributed by atoms with van der Waals surface area (Å²) < 4.78 is 5.30. The molecule has 2 aliphatic rings. The standard InChI is InChI=1S/C19H20ClN5O5S2/c1-10-23-24-18(30-10)32-9-19(16(27)28)7-25-14(26)13(15(25)31-8-19)22-17(29)21-6-11-4-2-3-5-12(11)20/h2-5,13,15H,6-9H2,1H3,(H,27,28)(H2,21,22,29)/t13?,15-,19?/m1/s1. The van der Waals surface area contributed by atoms with E-state index in [1.165, 1.54) is 16.7 Å². The van der Waals surface area contributed by atoms with Crippen molar-refractivity contribution in [1.82, 2.24) is 25.7 Å². The molecular formula is C19H20ClN5O5S2. The third-order valence-electron chi connectivity index (χ3n) is 5.26. The topological polar surface area (TPSA) is 138 Å². The summed E-state index contributed by atoms with van der Waals surface area (Å²) in [5.74, 6) is -0.428. The number of hydrogen-bond donors (Lipinski definition) is 3. The van der Waals surface area contributed by atoms with E-state index in [9.17, 15) is 19.5 Å². The predicted molar refractivity (Wildman–Crippen MR) is 118 cm³/mol. The molecule has 1 aromatic heterocycles. The number of aliphatic carboxylic acids is 1. The molecule has 3 N–H and O–H groups in total. The van der Waals surface area contributed by atoms with Crippen LogP contribution in [0.1, 0.15) is 11.5 Å². The number of rotatable bonds is 7. The van der Waals surface area contributed by atoms with Crippen LogP contribution in [0.2, 0.25) is 5.02 Å². The first kappa shape index (κ1) is 22.7. The molecule has 4 rings (SSSR count). The number of fused-ring (bicyclic) bond motifs is 1. The number of hydrogen-bond acceptors (Lipinski definition) is 8. The first-order chi connectivity index (χ1) is 15.3. The lowest BCUT2D eigenvalue weighted by molar-refractivity contribution is -0.156. The zero-order chi connectivity index (χ0) is 22.9. The predicted octanol–water partition coefficient (Wildman–Crippen LogP) is 1.98. The number of carboxylic acid groups (broad SMARTS) is 1. The van der Waals surface area contributed by atoms with Gasteiger partial charge in [-0.15, -0.1) is 22.0 Å². The largest absolute Gasteiger partial charge is 0.481 e. The number of carboxylic acids is 1. The van der Waals surface area contributed by atoms with Crippen molar-refractivity contribution in [3.63, 3.8) is 0 Å². The lowest BCUT2D eigenvalue weighted by Gasteiger charge is -2.53. The fourth-order valence-electron chi connectivity index (χ4n) is 3.45. The van der Waals surface area contributed by atoms with Crippen LogP contribution in [0.15, 0.2) is 33.9 Å². The highest BCUT2D eigenvalue weighted by Crippen LogP contribution is 2.44. The van der Waals surface area contributed by atoms with Crippen LogP contribution in [0.3, 0.4) is 0 Å². The van der Waals surface area contributed by atoms with Gasteiger partial charge in [-0.3, -0.25) is 9.59 Å². The van der Waals surface area contributed by atoms with E-state index in [1.54, 1.807) is 25.1 Å². The number of carbonyl (C=O) groups is 3. The Hall–Kier alpha value is -2.44. The first-order valence-electron chi connectivity index (χ1n) is 9.65. The molecule has 3 amide bonds. The number of carbonyl (C=O) groups excluding carboxylic acids is 2. The van der Waals surface area contributed by atoms with Crippen molar-refractivity contribution in [1.29, 1.82) is 0 Å². The molecule has 2 fully saturated rings. The highest BCUT2D eigenvalue weighted by molar-refractivity contribution is 8.00. The van der Waals surface area contributed by atoms with Crippen molar-refractivity contribution >= 4 is 53.0 Å². The molecular weight excluding hydrogens is 478 g/mol. The number of nitrogens with one attached hydrogen (secondary N) is 2. The zero-order valence-electron chi connectivity index (χ0n) is 16.9. The smallest absolute Gasteiger partial charge is 0.315 e. The van der Waals surface area contributed by atoms with Crippen molar-refractivity contribution in [2.24, 2.45) is 5.41 Å². The van der Waals surface area contributed by atoms with Crippen molar-refractivity contribution in [3.8, 4) is 0 Å². The maximum absolute atomic E-state index is 12.7. The summed E-state index contributed by atoms with van der Waals surface area (Å²) >= 11 is 8.58. The summed E-state index contributed by atoms with van der Waals surface area (Å²) in [4.78, 5) is 38.5. The number of aromatic nitrogens is 2. The molecule has 0 spiro atoms. The van der Waals surface area contributed by atoms with E-state index >= 15 is 0 Å². The number of aryl methyl sites for hydroxylation is 1. The molecule has 3 atom stereocenters. The van der Waals surface area contributed by atoms with E-state index in [1.807, 2.05) is 6.07 Å². The molecule has 2 saturated heterocycles. The fraction of sp³-hybridized carbons (Fsp3) is 0.421. The summed E-state index contributed by atoms with van der Waals surface area (Å²) in [6, 6.07) is 5.96. The molecule has 0 saturated carbocycles. The first-order valence-corrected chi connectivity index (χ1v) is 12.1. The summed E-state index contributed by atoms with van der Waals surface area (Å²) in [6.07, 6.45) is 0. The van der Waals surface area contributed by atoms with Gasteiger partial charge < -0.3 is 25.1 Å². The quantitative estimate of drug-likeness (QED) is 0.387. The highest BCUT2D eigenvalue weighted by atomic mass is 35.5. The number of amides is 3. The average molecular weight is 498 g/mol. The molecule has 1 aromatic carbocycles. The fourth-order valence-corrected chi connectivity index (χ4v) is 6.32. The van der Waals surface area contributed by atoms with Gasteiger partial charge in [-0.25, -0.2) is 4.79 Å². The molecule has 2 unspecified atom stereocenters. The number of urea groups is 1. The second kappa shape index (κ2) is 9.20. The number of benzene rings is 1. The van der Waals surface area contributed by atoms with Crippen molar-refractivity contribution in [2.75, 3.05) is 18.1 Å². The van der Waals surface area contributed by atoms with Gasteiger partial charge in [-0.2, -0.15) is 0 Å². The van der Waals surface area contributed by atoms with E-state index in [0.29, 0.717) is 16.1 Å². The minimum absolute atomic E-state index is 0.0539. The maximum Gasteiger partial charge on any atom is 0.315 e. The molecule has 10 nitrogen and oxygen atoms in total. The van der Waals surface area contributed by atoms with Gasteiger partial charge in [0.1, 0.15) is 16.8 Å². The number of halogens is 1. The molecule has 2 aliphatic heterocycles. The van der Waals surface area contributed by atoms with E-state index < -0.39 is 23.5 Å². The Balaban J connectivity index is 1.33. The Morgan fingerprint density at radius 3 is 2.88 bits per heavy atom. The summed E-state index contributed by atoms with van der Waals surface area (Å²) in [6.45, 7) is 1.93. The molecule has 0 aliphatic carbocycles. The number of nitrogens with zero attached hydrogens (tertiary/aromatic N) is 3. The Morgan fingerprint density at radius 2 is 2.19 bits per heavy atom. The minimum Gasteiger partial charge on any atom is -0.481 e. The summed E-state index contributed by atoms with van der Waals surface area (Å²) in [7, 11) is 0. The molecule has 3 heterocycles. The molecule has 0 bridgehead atoms. The lowest BCUT2D eigenvalue weighted by Crippen LogP contribution is -2.74. The van der Waals surface area contributed by atoms with E-state index in [-0.39, 0.29) is 35.9 Å². The second-order valence-electron chi connectivity index (χ2n) is 7.52. The van der Waals surface area contributed by atoms with Gasteiger partial charge >= 0.3 is 12.0 Å². The van der Waals surface area contributed by atoms with Crippen LogP contribution in [0.4, 0.5) is 4.79 Å². The van der Waals surface area contributed by atoms with Crippen LogP contribution >= 0.6 is 35.1 Å². The summed E-state index contributed by atoms with van der Waals surface area (Å²) in [5, 5.41) is 23.4. The SMILES string of the molecule is Cc1nnc(SCC2(C(=O)O)CS[C@@H]3C(NC(=O)NCc4ccccc4Cl)C(=O)N3C2)o1. The van der Waals surface area contributed by atoms with Crippen molar-refractivity contribution in [3.05, 3.63) is 40.7 Å². The molecule has 32 heavy (non-hydrogen) atoms. The van der Waals surface area contributed by atoms with Crippen LogP contribution < -0.4 is 10.6 Å². The molecule has 2 aromatic rings. The van der Waals surface area contributed by atoms with Crippen LogP contribution in [0.25, 0.3) is 0 Å². The third-order valence-corrected chi connectivity index (χ3v) is 8.33. The second-order valence-corrected chi connectivity index (χ2v) is 9.96. The lowest BCUT2D eigenvalue weighted by atomic mass is 9.89. The summed E-state index contributed by atoms with van der Waals surface area (Å²) in [5.41, 5.74) is -0.389. The van der Waals surface area contributed by atoms with Crippen LogP contribution in [0.5, 0.6) is 0 Å². The third kappa shape index (κ3) is 4.52. The average Bonchev–Trinajstić information content (AvgIpc) is 3.20. The van der Waals surface area contributed by atoms with Crippen molar-refractivity contribution in [2.45, 2.75) is 30.1 Å². The van der Waals surface area contributed by atoms with Gasteiger partial charge in [0.15, 0.2) is 0 Å².